The van der Waals surface area contributed by atoms with Crippen molar-refractivity contribution in [2.45, 2.75) is 27.7 Å². The Morgan fingerprint density at radius 2 is 2.18 bits per heavy atom. The van der Waals surface area contributed by atoms with E-state index in [9.17, 15) is 0 Å². The molecule has 0 spiro atoms. The number of nitrogens with zero attached hydrogens (tertiary/aromatic N) is 2. The fourth-order valence-corrected chi connectivity index (χ4v) is 1.21. The Balaban J connectivity index is 2.61. The van der Waals surface area contributed by atoms with Crippen LogP contribution in [0.3, 0.4) is 0 Å². The van der Waals surface area contributed by atoms with Gasteiger partial charge in [-0.3, -0.25) is 4.98 Å². The van der Waals surface area contributed by atoms with Crippen LogP contribution >= 0.6 is 11.6 Å². The van der Waals surface area contributed by atoms with E-state index in [1.807, 2.05) is 45.9 Å². The normalized spacial score (nSPS) is 12.6. The van der Waals surface area contributed by atoms with E-state index in [0.29, 0.717) is 12.5 Å². The average molecular weight is 255 g/mol. The molecule has 0 N–H and O–H groups in total. The monoisotopic (exact) mass is 254 g/mol. The maximum atomic E-state index is 5.81. The Kier molecular flexibility index (Phi) is 4.94. The molecule has 0 atom stereocenters. The summed E-state index contributed by atoms with van der Waals surface area (Å²) in [6.07, 6.45) is 0. The first-order chi connectivity index (χ1) is 7.94. The van der Waals surface area contributed by atoms with Crippen LogP contribution in [0.2, 0.25) is 0 Å². The van der Waals surface area contributed by atoms with E-state index in [4.69, 9.17) is 16.4 Å². The summed E-state index contributed by atoms with van der Waals surface area (Å²) in [6.45, 7) is 8.41. The van der Waals surface area contributed by atoms with Gasteiger partial charge in [-0.2, -0.15) is 0 Å². The minimum Gasteiger partial charge on any atom is -0.395 e. The fraction of sp³-hybridized carbons (Fsp3) is 0.538. The molecule has 0 amide bonds. The topological polar surface area (TPSA) is 34.5 Å². The molecule has 0 aliphatic rings. The number of hydrogen-bond acceptors (Lipinski definition) is 3. The second-order valence-corrected chi connectivity index (χ2v) is 5.18. The van der Waals surface area contributed by atoms with Crippen LogP contribution in [0.5, 0.6) is 0 Å². The quantitative estimate of drug-likeness (QED) is 0.459. The third-order valence-electron chi connectivity index (χ3n) is 2.28. The molecule has 1 heterocycles. The summed E-state index contributed by atoms with van der Waals surface area (Å²) < 4.78 is 0. The van der Waals surface area contributed by atoms with Crippen LogP contribution in [0, 0.1) is 12.3 Å². The number of oxime groups is 1. The summed E-state index contributed by atoms with van der Waals surface area (Å²) in [5.41, 5.74) is 2.52. The number of alkyl halides is 1. The van der Waals surface area contributed by atoms with Crippen molar-refractivity contribution in [1.29, 1.82) is 0 Å². The molecule has 94 valence electrons. The summed E-state index contributed by atoms with van der Waals surface area (Å²) in [6, 6.07) is 5.83. The first-order valence-electron chi connectivity index (χ1n) is 5.61. The summed E-state index contributed by atoms with van der Waals surface area (Å²) >= 11 is 5.81. The van der Waals surface area contributed by atoms with Crippen molar-refractivity contribution in [3.05, 3.63) is 29.6 Å². The molecule has 1 aromatic rings. The Morgan fingerprint density at radius 1 is 1.47 bits per heavy atom. The number of aryl methyl sites for hydroxylation is 1. The van der Waals surface area contributed by atoms with Crippen LogP contribution in [0.15, 0.2) is 23.4 Å². The fourth-order valence-electron chi connectivity index (χ4n) is 1.13. The largest absolute Gasteiger partial charge is 0.395 e. The highest BCUT2D eigenvalue weighted by Gasteiger charge is 2.17. The molecule has 1 aromatic heterocycles. The molecule has 3 nitrogen and oxygen atoms in total. The predicted molar refractivity (Wildman–Crippen MR) is 71.6 cm³/mol. The molecule has 0 unspecified atom stereocenters. The lowest BCUT2D eigenvalue weighted by atomic mass is 9.98. The van der Waals surface area contributed by atoms with Gasteiger partial charge in [-0.05, 0) is 26.0 Å². The Labute approximate surface area is 108 Å². The zero-order valence-corrected chi connectivity index (χ0v) is 11.6. The van der Waals surface area contributed by atoms with Crippen LogP contribution in [0.1, 0.15) is 32.2 Å². The van der Waals surface area contributed by atoms with Crippen LogP contribution in [0.25, 0.3) is 0 Å². The van der Waals surface area contributed by atoms with Crippen LogP contribution in [-0.2, 0) is 4.84 Å². The lowest BCUT2D eigenvalue weighted by Gasteiger charge is -2.18. The standard InChI is InChI=1S/C13H19ClN2O/c1-10-6-5-7-12(15-10)11(2)16-17-9-13(3,4)8-14/h5-7H,8-9H2,1-4H3. The Hall–Kier alpha value is -1.09. The molecule has 17 heavy (non-hydrogen) atoms. The summed E-state index contributed by atoms with van der Waals surface area (Å²) in [4.78, 5) is 9.68. The summed E-state index contributed by atoms with van der Waals surface area (Å²) in [5, 5.41) is 4.06. The van der Waals surface area contributed by atoms with Gasteiger partial charge in [-0.1, -0.05) is 25.1 Å². The first-order valence-corrected chi connectivity index (χ1v) is 6.14. The second kappa shape index (κ2) is 6.01. The average Bonchev–Trinajstić information content (AvgIpc) is 2.28. The van der Waals surface area contributed by atoms with Crippen molar-refractivity contribution in [2.75, 3.05) is 12.5 Å². The van der Waals surface area contributed by atoms with E-state index in [2.05, 4.69) is 10.1 Å². The van der Waals surface area contributed by atoms with Gasteiger partial charge in [0.2, 0.25) is 0 Å². The first kappa shape index (κ1) is 14.0. The lowest BCUT2D eigenvalue weighted by molar-refractivity contribution is 0.0788. The third-order valence-corrected chi connectivity index (χ3v) is 3.00. The third kappa shape index (κ3) is 4.73. The molecule has 0 aromatic carbocycles. The summed E-state index contributed by atoms with van der Waals surface area (Å²) in [5.74, 6) is 0.546. The minimum absolute atomic E-state index is 0.0641. The van der Waals surface area contributed by atoms with Crippen LogP contribution in [0.4, 0.5) is 0 Å². The van der Waals surface area contributed by atoms with Crippen molar-refractivity contribution >= 4 is 17.3 Å². The lowest BCUT2D eigenvalue weighted by Crippen LogP contribution is -2.20. The van der Waals surface area contributed by atoms with Gasteiger partial charge in [0, 0.05) is 17.0 Å². The number of aromatic nitrogens is 1. The minimum atomic E-state index is -0.0641. The molecule has 0 radical (unpaired) electrons. The molecule has 0 saturated heterocycles. The van der Waals surface area contributed by atoms with Gasteiger partial charge in [0.05, 0.1) is 5.69 Å². The van der Waals surface area contributed by atoms with E-state index >= 15 is 0 Å². The number of pyridine rings is 1. The SMILES string of the molecule is CC(=NOCC(C)(C)CCl)c1cccc(C)n1. The van der Waals surface area contributed by atoms with Crippen molar-refractivity contribution in [2.24, 2.45) is 10.6 Å². The second-order valence-electron chi connectivity index (χ2n) is 4.91. The predicted octanol–water partition coefficient (Wildman–Crippen LogP) is 3.40. The highest BCUT2D eigenvalue weighted by atomic mass is 35.5. The van der Waals surface area contributed by atoms with E-state index in [1.54, 1.807) is 0 Å². The molecular weight excluding hydrogens is 236 g/mol. The van der Waals surface area contributed by atoms with E-state index < -0.39 is 0 Å². The number of halogens is 1. The molecule has 0 fully saturated rings. The van der Waals surface area contributed by atoms with Crippen molar-refractivity contribution in [3.63, 3.8) is 0 Å². The number of hydrogen-bond donors (Lipinski definition) is 0. The molecule has 0 saturated carbocycles. The highest BCUT2D eigenvalue weighted by molar-refractivity contribution is 6.18. The van der Waals surface area contributed by atoms with Gasteiger partial charge in [0.25, 0.3) is 0 Å². The van der Waals surface area contributed by atoms with Crippen LogP contribution < -0.4 is 0 Å². The maximum Gasteiger partial charge on any atom is 0.123 e. The summed E-state index contributed by atoms with van der Waals surface area (Å²) in [7, 11) is 0. The van der Waals surface area contributed by atoms with E-state index in [-0.39, 0.29) is 5.41 Å². The Bertz CT molecular complexity index is 402. The van der Waals surface area contributed by atoms with Crippen molar-refractivity contribution < 1.29 is 4.84 Å². The van der Waals surface area contributed by atoms with Crippen molar-refractivity contribution in [1.82, 2.24) is 4.98 Å². The van der Waals surface area contributed by atoms with Gasteiger partial charge in [-0.25, -0.2) is 0 Å². The Morgan fingerprint density at radius 3 is 2.76 bits per heavy atom. The van der Waals surface area contributed by atoms with E-state index in [0.717, 1.165) is 17.1 Å². The van der Waals surface area contributed by atoms with Gasteiger partial charge >= 0.3 is 0 Å². The molecule has 1 rings (SSSR count). The van der Waals surface area contributed by atoms with Crippen LogP contribution in [-0.4, -0.2) is 23.2 Å². The molecule has 0 bridgehead atoms. The zero-order valence-electron chi connectivity index (χ0n) is 10.8. The number of rotatable bonds is 5. The smallest absolute Gasteiger partial charge is 0.123 e. The van der Waals surface area contributed by atoms with Crippen molar-refractivity contribution in [3.8, 4) is 0 Å². The van der Waals surface area contributed by atoms with Gasteiger partial charge < -0.3 is 4.84 Å². The van der Waals surface area contributed by atoms with Gasteiger partial charge in [0.15, 0.2) is 0 Å². The molecule has 4 heteroatoms. The van der Waals surface area contributed by atoms with Gasteiger partial charge in [-0.15, -0.1) is 11.6 Å². The maximum absolute atomic E-state index is 5.81. The highest BCUT2D eigenvalue weighted by Crippen LogP contribution is 2.17. The molecular formula is C13H19ClN2O. The van der Waals surface area contributed by atoms with Gasteiger partial charge in [0.1, 0.15) is 12.3 Å². The zero-order chi connectivity index (χ0) is 12.9. The molecule has 0 aliphatic carbocycles. The van der Waals surface area contributed by atoms with E-state index in [1.165, 1.54) is 0 Å². The molecule has 0 aliphatic heterocycles.